The smallest absolute Gasteiger partial charge is 0.319 e. The molecule has 0 radical (unpaired) electrons. The van der Waals surface area contributed by atoms with Gasteiger partial charge < -0.3 is 20.9 Å². The largest absolute Gasteiger partial charge is 0.351 e. The predicted octanol–water partition coefficient (Wildman–Crippen LogP) is 2.86. The fraction of sp³-hybridized carbons (Fsp3) is 0.333. The van der Waals surface area contributed by atoms with E-state index >= 15 is 0 Å². The molecule has 0 atom stereocenters. The van der Waals surface area contributed by atoms with Gasteiger partial charge in [0, 0.05) is 30.9 Å². The third-order valence-electron chi connectivity index (χ3n) is 4.13. The van der Waals surface area contributed by atoms with Crippen LogP contribution < -0.4 is 16.0 Å². The molecule has 0 saturated carbocycles. The van der Waals surface area contributed by atoms with Crippen LogP contribution in [0, 0.1) is 0 Å². The minimum atomic E-state index is -0.267. The summed E-state index contributed by atoms with van der Waals surface area (Å²) in [5, 5.41) is 8.60. The van der Waals surface area contributed by atoms with Crippen molar-refractivity contribution in [3.05, 3.63) is 65.2 Å². The Bertz CT molecular complexity index is 774. The molecule has 0 heterocycles. The van der Waals surface area contributed by atoms with E-state index in [4.69, 9.17) is 0 Å². The van der Waals surface area contributed by atoms with Crippen molar-refractivity contribution in [3.63, 3.8) is 0 Å². The van der Waals surface area contributed by atoms with Gasteiger partial charge in [0.05, 0.1) is 0 Å². The summed E-state index contributed by atoms with van der Waals surface area (Å²) < 4.78 is 0. The third-order valence-corrected chi connectivity index (χ3v) is 4.13. The molecule has 0 fully saturated rings. The van der Waals surface area contributed by atoms with Gasteiger partial charge in [-0.3, -0.25) is 4.79 Å². The number of amides is 3. The predicted molar refractivity (Wildman–Crippen MR) is 109 cm³/mol. The van der Waals surface area contributed by atoms with Crippen LogP contribution in [0.25, 0.3) is 0 Å². The third kappa shape index (κ3) is 6.75. The molecule has 0 aliphatic rings. The van der Waals surface area contributed by atoms with Gasteiger partial charge >= 0.3 is 6.03 Å². The highest BCUT2D eigenvalue weighted by molar-refractivity contribution is 5.94. The molecule has 2 aromatic carbocycles. The Kier molecular flexibility index (Phi) is 7.82. The molecule has 0 bridgehead atoms. The number of hydrogen-bond acceptors (Lipinski definition) is 3. The number of nitrogens with zero attached hydrogens (tertiary/aromatic N) is 1. The number of aryl methyl sites for hydroxylation is 1. The van der Waals surface area contributed by atoms with Gasteiger partial charge in [-0.1, -0.05) is 37.3 Å². The van der Waals surface area contributed by atoms with E-state index in [1.807, 2.05) is 62.3 Å². The van der Waals surface area contributed by atoms with Gasteiger partial charge in [0.15, 0.2) is 0 Å². The number of para-hydroxylation sites is 1. The zero-order valence-corrected chi connectivity index (χ0v) is 16.2. The monoisotopic (exact) mass is 368 g/mol. The molecule has 6 heteroatoms. The van der Waals surface area contributed by atoms with Crippen LogP contribution in [0.1, 0.15) is 28.4 Å². The van der Waals surface area contributed by atoms with Crippen molar-refractivity contribution in [1.82, 2.24) is 15.5 Å². The first-order valence-corrected chi connectivity index (χ1v) is 9.14. The Morgan fingerprint density at radius 1 is 1.00 bits per heavy atom. The van der Waals surface area contributed by atoms with Crippen LogP contribution in [0.5, 0.6) is 0 Å². The van der Waals surface area contributed by atoms with E-state index in [1.165, 1.54) is 0 Å². The number of hydrogen-bond donors (Lipinski definition) is 3. The number of urea groups is 1. The number of carbonyl (C=O) groups excluding carboxylic acids is 2. The molecule has 2 aromatic rings. The number of nitrogens with one attached hydrogen (secondary N) is 3. The molecule has 0 aromatic heterocycles. The summed E-state index contributed by atoms with van der Waals surface area (Å²) >= 11 is 0. The molecular formula is C21H28N4O2. The molecule has 144 valence electrons. The summed E-state index contributed by atoms with van der Waals surface area (Å²) in [7, 11) is 3.92. The van der Waals surface area contributed by atoms with Crippen LogP contribution in [0.3, 0.4) is 0 Å². The Morgan fingerprint density at radius 2 is 1.78 bits per heavy atom. The molecular weight excluding hydrogens is 340 g/mol. The zero-order chi connectivity index (χ0) is 19.6. The molecule has 0 aliphatic carbocycles. The van der Waals surface area contributed by atoms with Crippen molar-refractivity contribution in [3.8, 4) is 0 Å². The van der Waals surface area contributed by atoms with Gasteiger partial charge in [0.1, 0.15) is 0 Å². The highest BCUT2D eigenvalue weighted by Crippen LogP contribution is 2.15. The number of benzene rings is 2. The standard InChI is InChI=1S/C21H28N4O2/c1-4-17-9-5-6-11-19(17)24-21(27)23-15-16-8-7-10-18(14-16)20(26)22-12-13-25(2)3/h5-11,14H,4,12-13,15H2,1-3H3,(H,22,26)(H2,23,24,27). The van der Waals surface area contributed by atoms with Crippen LogP contribution in [0.4, 0.5) is 10.5 Å². The second-order valence-electron chi connectivity index (χ2n) is 6.58. The summed E-state index contributed by atoms with van der Waals surface area (Å²) in [6, 6.07) is 14.7. The fourth-order valence-electron chi connectivity index (χ4n) is 2.62. The molecule has 3 amide bonds. The fourth-order valence-corrected chi connectivity index (χ4v) is 2.62. The van der Waals surface area contributed by atoms with Crippen LogP contribution >= 0.6 is 0 Å². The van der Waals surface area contributed by atoms with Crippen molar-refractivity contribution < 1.29 is 9.59 Å². The first-order chi connectivity index (χ1) is 13.0. The van der Waals surface area contributed by atoms with Crippen LogP contribution in [0.2, 0.25) is 0 Å². The first-order valence-electron chi connectivity index (χ1n) is 9.14. The minimum Gasteiger partial charge on any atom is -0.351 e. The van der Waals surface area contributed by atoms with Gasteiger partial charge in [0.25, 0.3) is 5.91 Å². The Balaban J connectivity index is 1.88. The topological polar surface area (TPSA) is 73.5 Å². The van der Waals surface area contributed by atoms with Crippen LogP contribution in [0.15, 0.2) is 48.5 Å². The second-order valence-corrected chi connectivity index (χ2v) is 6.58. The van der Waals surface area contributed by atoms with Crippen molar-refractivity contribution in [2.75, 3.05) is 32.5 Å². The quantitative estimate of drug-likeness (QED) is 0.671. The maximum Gasteiger partial charge on any atom is 0.319 e. The summed E-state index contributed by atoms with van der Waals surface area (Å²) in [5.41, 5.74) is 3.36. The Morgan fingerprint density at radius 3 is 2.52 bits per heavy atom. The lowest BCUT2D eigenvalue weighted by Gasteiger charge is -2.12. The van der Waals surface area contributed by atoms with E-state index in [0.717, 1.165) is 29.8 Å². The lowest BCUT2D eigenvalue weighted by atomic mass is 10.1. The molecule has 0 unspecified atom stereocenters. The Labute approximate surface area is 161 Å². The van der Waals surface area contributed by atoms with Crippen molar-refractivity contribution >= 4 is 17.6 Å². The van der Waals surface area contributed by atoms with Gasteiger partial charge in [-0.2, -0.15) is 0 Å². The summed E-state index contributed by atoms with van der Waals surface area (Å²) in [4.78, 5) is 26.4. The molecule has 0 aliphatic heterocycles. The lowest BCUT2D eigenvalue weighted by molar-refractivity contribution is 0.0951. The van der Waals surface area contributed by atoms with Crippen molar-refractivity contribution in [2.24, 2.45) is 0 Å². The SMILES string of the molecule is CCc1ccccc1NC(=O)NCc1cccc(C(=O)NCCN(C)C)c1. The highest BCUT2D eigenvalue weighted by Gasteiger charge is 2.08. The molecule has 0 saturated heterocycles. The van der Waals surface area contributed by atoms with Crippen LogP contribution in [-0.2, 0) is 13.0 Å². The molecule has 2 rings (SSSR count). The van der Waals surface area contributed by atoms with E-state index in [2.05, 4.69) is 16.0 Å². The maximum atomic E-state index is 12.2. The number of likely N-dealkylation sites (N-methyl/N-ethyl adjacent to an activating group) is 1. The minimum absolute atomic E-state index is 0.111. The van der Waals surface area contributed by atoms with Crippen molar-refractivity contribution in [1.29, 1.82) is 0 Å². The Hall–Kier alpha value is -2.86. The maximum absolute atomic E-state index is 12.2. The summed E-state index contributed by atoms with van der Waals surface area (Å²) in [6.45, 7) is 3.77. The number of anilines is 1. The van der Waals surface area contributed by atoms with Crippen molar-refractivity contribution in [2.45, 2.75) is 19.9 Å². The van der Waals surface area contributed by atoms with E-state index < -0.39 is 0 Å². The number of carbonyl (C=O) groups is 2. The van der Waals surface area contributed by atoms with E-state index in [9.17, 15) is 9.59 Å². The summed E-state index contributed by atoms with van der Waals surface area (Å²) in [6.07, 6.45) is 0.849. The van der Waals surface area contributed by atoms with Gasteiger partial charge in [-0.15, -0.1) is 0 Å². The van der Waals surface area contributed by atoms with Crippen LogP contribution in [-0.4, -0.2) is 44.0 Å². The summed E-state index contributed by atoms with van der Waals surface area (Å²) in [5.74, 6) is -0.111. The number of rotatable bonds is 8. The first kappa shape index (κ1) is 20.5. The van der Waals surface area contributed by atoms with E-state index in [1.54, 1.807) is 12.1 Å². The average Bonchev–Trinajstić information content (AvgIpc) is 2.66. The van der Waals surface area contributed by atoms with E-state index in [-0.39, 0.29) is 11.9 Å². The van der Waals surface area contributed by atoms with Gasteiger partial charge in [0.2, 0.25) is 0 Å². The zero-order valence-electron chi connectivity index (χ0n) is 16.2. The average molecular weight is 368 g/mol. The second kappa shape index (κ2) is 10.3. The molecule has 3 N–H and O–H groups in total. The molecule has 6 nitrogen and oxygen atoms in total. The lowest BCUT2D eigenvalue weighted by Crippen LogP contribution is -2.31. The van der Waals surface area contributed by atoms with E-state index in [0.29, 0.717) is 18.7 Å². The highest BCUT2D eigenvalue weighted by atomic mass is 16.2. The normalized spacial score (nSPS) is 10.5. The van der Waals surface area contributed by atoms with Gasteiger partial charge in [-0.25, -0.2) is 4.79 Å². The van der Waals surface area contributed by atoms with Gasteiger partial charge in [-0.05, 0) is 49.8 Å². The molecule has 27 heavy (non-hydrogen) atoms. The molecule has 0 spiro atoms.